The molecule has 0 aliphatic carbocycles. The van der Waals surface area contributed by atoms with Crippen molar-refractivity contribution in [1.82, 2.24) is 0 Å². The van der Waals surface area contributed by atoms with Crippen LogP contribution in [-0.4, -0.2) is 5.11 Å². The second-order valence-electron chi connectivity index (χ2n) is 4.43. The van der Waals surface area contributed by atoms with E-state index < -0.39 is 0 Å². The Hall–Kier alpha value is -0.710. The zero-order valence-corrected chi connectivity index (χ0v) is 14.8. The summed E-state index contributed by atoms with van der Waals surface area (Å²) in [5, 5.41) is 14.1. The number of phenolic OH excluding ortho intramolecular Hbond substituents is 1. The van der Waals surface area contributed by atoms with Crippen LogP contribution in [0.3, 0.4) is 0 Å². The molecule has 0 aliphatic rings. The number of rotatable bonds is 4. The van der Waals surface area contributed by atoms with E-state index in [2.05, 4.69) is 44.1 Å². The van der Waals surface area contributed by atoms with E-state index in [-0.39, 0.29) is 11.8 Å². The molecule has 0 heterocycles. The monoisotopic (exact) mass is 417 g/mol. The van der Waals surface area contributed by atoms with E-state index in [1.165, 1.54) is 0 Å². The van der Waals surface area contributed by atoms with E-state index >= 15 is 0 Å². The second kappa shape index (κ2) is 6.83. The lowest BCUT2D eigenvalue weighted by Gasteiger charge is -2.21. The number of benzene rings is 2. The van der Waals surface area contributed by atoms with E-state index in [1.807, 2.05) is 30.3 Å². The van der Waals surface area contributed by atoms with Crippen LogP contribution in [-0.2, 0) is 0 Å². The van der Waals surface area contributed by atoms with E-state index in [0.29, 0.717) is 5.02 Å². The maximum Gasteiger partial charge on any atom is 0.120 e. The van der Waals surface area contributed by atoms with Gasteiger partial charge in [0.25, 0.3) is 0 Å². The van der Waals surface area contributed by atoms with Gasteiger partial charge in [0.2, 0.25) is 0 Å². The van der Waals surface area contributed by atoms with Crippen molar-refractivity contribution in [2.45, 2.75) is 19.4 Å². The Labute approximate surface area is 140 Å². The quantitative estimate of drug-likeness (QED) is 0.624. The summed E-state index contributed by atoms with van der Waals surface area (Å²) in [6.07, 6.45) is 0.846. The summed E-state index contributed by atoms with van der Waals surface area (Å²) < 4.78 is 1.85. The minimum atomic E-state index is 0.0185. The minimum absolute atomic E-state index is 0.0185. The SMILES string of the molecule is CCC(Nc1ccc(Cl)cc1Br)c1cc(Br)ccc1O. The first kappa shape index (κ1) is 15.7. The summed E-state index contributed by atoms with van der Waals surface area (Å²) in [5.74, 6) is 0.289. The predicted octanol–water partition coefficient (Wildman–Crippen LogP) is 6.13. The molecule has 2 N–H and O–H groups in total. The van der Waals surface area contributed by atoms with Crippen molar-refractivity contribution in [3.63, 3.8) is 0 Å². The van der Waals surface area contributed by atoms with Crippen molar-refractivity contribution >= 4 is 49.1 Å². The van der Waals surface area contributed by atoms with Crippen LogP contribution >= 0.6 is 43.5 Å². The first-order valence-corrected chi connectivity index (χ1v) is 8.17. The van der Waals surface area contributed by atoms with Crippen molar-refractivity contribution in [2.24, 2.45) is 0 Å². The summed E-state index contributed by atoms with van der Waals surface area (Å²) in [4.78, 5) is 0. The molecule has 20 heavy (non-hydrogen) atoms. The van der Waals surface area contributed by atoms with Crippen LogP contribution in [0.15, 0.2) is 45.3 Å². The third kappa shape index (κ3) is 3.68. The van der Waals surface area contributed by atoms with Gasteiger partial charge in [-0.2, -0.15) is 0 Å². The molecule has 0 radical (unpaired) electrons. The van der Waals surface area contributed by atoms with Crippen LogP contribution in [0.2, 0.25) is 5.02 Å². The van der Waals surface area contributed by atoms with Crippen molar-refractivity contribution in [1.29, 1.82) is 0 Å². The summed E-state index contributed by atoms with van der Waals surface area (Å²) in [5.41, 5.74) is 1.81. The van der Waals surface area contributed by atoms with Crippen molar-refractivity contribution in [3.05, 3.63) is 55.9 Å². The molecule has 0 fully saturated rings. The Bertz CT molecular complexity index is 619. The highest BCUT2D eigenvalue weighted by Gasteiger charge is 2.15. The normalized spacial score (nSPS) is 12.2. The largest absolute Gasteiger partial charge is 0.508 e. The topological polar surface area (TPSA) is 32.3 Å². The molecule has 0 aliphatic heterocycles. The number of halogens is 3. The van der Waals surface area contributed by atoms with E-state index in [0.717, 1.165) is 26.6 Å². The maximum absolute atomic E-state index is 10.0. The molecular weight excluding hydrogens is 405 g/mol. The standard InChI is InChI=1S/C15H14Br2ClNO/c1-2-13(11-7-9(16)3-6-15(11)20)19-14-5-4-10(18)8-12(14)17/h3-8,13,19-20H,2H2,1H3. The molecule has 2 rings (SSSR count). The first-order chi connectivity index (χ1) is 9.51. The smallest absolute Gasteiger partial charge is 0.120 e. The predicted molar refractivity (Wildman–Crippen MR) is 91.6 cm³/mol. The van der Waals surface area contributed by atoms with Gasteiger partial charge in [0.05, 0.1) is 6.04 Å². The zero-order valence-electron chi connectivity index (χ0n) is 10.8. The fourth-order valence-corrected chi connectivity index (χ4v) is 3.17. The number of aromatic hydroxyl groups is 1. The molecule has 106 valence electrons. The Morgan fingerprint density at radius 3 is 2.60 bits per heavy atom. The molecule has 2 nitrogen and oxygen atoms in total. The fraction of sp³-hybridized carbons (Fsp3) is 0.200. The zero-order chi connectivity index (χ0) is 14.7. The van der Waals surface area contributed by atoms with Crippen LogP contribution in [0.1, 0.15) is 24.9 Å². The Kier molecular flexibility index (Phi) is 5.35. The molecule has 0 bridgehead atoms. The van der Waals surface area contributed by atoms with E-state index in [4.69, 9.17) is 11.6 Å². The lowest BCUT2D eigenvalue weighted by atomic mass is 10.0. The number of phenols is 1. The minimum Gasteiger partial charge on any atom is -0.508 e. The molecule has 1 unspecified atom stereocenters. The van der Waals surface area contributed by atoms with Gasteiger partial charge in [-0.15, -0.1) is 0 Å². The van der Waals surface area contributed by atoms with Crippen LogP contribution in [0.5, 0.6) is 5.75 Å². The van der Waals surface area contributed by atoms with Gasteiger partial charge < -0.3 is 10.4 Å². The average Bonchev–Trinajstić information content (AvgIpc) is 2.41. The van der Waals surface area contributed by atoms with Gasteiger partial charge in [0.15, 0.2) is 0 Å². The van der Waals surface area contributed by atoms with Crippen LogP contribution in [0, 0.1) is 0 Å². The maximum atomic E-state index is 10.0. The average molecular weight is 420 g/mol. The summed E-state index contributed by atoms with van der Waals surface area (Å²) in [6, 6.07) is 11.1. The third-order valence-corrected chi connectivity index (χ3v) is 4.42. The third-order valence-electron chi connectivity index (χ3n) is 3.03. The Balaban J connectivity index is 2.31. The van der Waals surface area contributed by atoms with Crippen LogP contribution < -0.4 is 5.32 Å². The van der Waals surface area contributed by atoms with Gasteiger partial charge in [-0.1, -0.05) is 34.5 Å². The number of nitrogens with one attached hydrogen (secondary N) is 1. The first-order valence-electron chi connectivity index (χ1n) is 6.21. The molecule has 2 aromatic rings. The number of hydrogen-bond donors (Lipinski definition) is 2. The Morgan fingerprint density at radius 2 is 1.95 bits per heavy atom. The molecule has 0 saturated carbocycles. The van der Waals surface area contributed by atoms with Crippen molar-refractivity contribution < 1.29 is 5.11 Å². The van der Waals surface area contributed by atoms with Gasteiger partial charge in [-0.05, 0) is 58.7 Å². The lowest BCUT2D eigenvalue weighted by Crippen LogP contribution is -2.10. The summed E-state index contributed by atoms with van der Waals surface area (Å²) in [7, 11) is 0. The highest BCUT2D eigenvalue weighted by molar-refractivity contribution is 9.10. The Morgan fingerprint density at radius 1 is 1.20 bits per heavy atom. The number of hydrogen-bond acceptors (Lipinski definition) is 2. The van der Waals surface area contributed by atoms with Gasteiger partial charge in [-0.25, -0.2) is 0 Å². The highest BCUT2D eigenvalue weighted by atomic mass is 79.9. The van der Waals surface area contributed by atoms with Crippen molar-refractivity contribution in [2.75, 3.05) is 5.32 Å². The van der Waals surface area contributed by atoms with Crippen LogP contribution in [0.4, 0.5) is 5.69 Å². The molecule has 2 aromatic carbocycles. The second-order valence-corrected chi connectivity index (χ2v) is 6.64. The van der Waals surface area contributed by atoms with Crippen LogP contribution in [0.25, 0.3) is 0 Å². The molecule has 0 saturated heterocycles. The molecule has 0 aromatic heterocycles. The van der Waals surface area contributed by atoms with Gasteiger partial charge in [0, 0.05) is 25.2 Å². The van der Waals surface area contributed by atoms with E-state index in [1.54, 1.807) is 6.07 Å². The summed E-state index contributed by atoms with van der Waals surface area (Å²) >= 11 is 12.9. The molecule has 0 spiro atoms. The molecule has 1 atom stereocenters. The van der Waals surface area contributed by atoms with Gasteiger partial charge in [-0.3, -0.25) is 0 Å². The van der Waals surface area contributed by atoms with E-state index in [9.17, 15) is 5.11 Å². The van der Waals surface area contributed by atoms with Crippen molar-refractivity contribution in [3.8, 4) is 5.75 Å². The highest BCUT2D eigenvalue weighted by Crippen LogP contribution is 2.34. The summed E-state index contributed by atoms with van der Waals surface area (Å²) in [6.45, 7) is 2.07. The molecular formula is C15H14Br2ClNO. The van der Waals surface area contributed by atoms with Gasteiger partial charge in [0.1, 0.15) is 5.75 Å². The van der Waals surface area contributed by atoms with Gasteiger partial charge >= 0.3 is 0 Å². The fourth-order valence-electron chi connectivity index (χ4n) is 2.00. The number of anilines is 1. The molecule has 0 amide bonds. The lowest BCUT2D eigenvalue weighted by molar-refractivity contribution is 0.462. The molecule has 5 heteroatoms.